The van der Waals surface area contributed by atoms with Gasteiger partial charge >= 0.3 is 0 Å². The molecule has 2 rings (SSSR count). The van der Waals surface area contributed by atoms with E-state index in [1.165, 1.54) is 0 Å². The number of nitrogens with zero attached hydrogens (tertiary/aromatic N) is 1. The van der Waals surface area contributed by atoms with Crippen LogP contribution in [-0.4, -0.2) is 25.2 Å². The molecule has 5 heteroatoms. The number of nitrogens with one attached hydrogen (secondary N) is 1. The van der Waals surface area contributed by atoms with Gasteiger partial charge in [-0.05, 0) is 12.3 Å². The third-order valence-electron chi connectivity index (χ3n) is 4.55. The Bertz CT molecular complexity index is 469. The van der Waals surface area contributed by atoms with Crippen molar-refractivity contribution in [2.45, 2.75) is 45.7 Å². The van der Waals surface area contributed by atoms with E-state index in [0.29, 0.717) is 18.2 Å². The summed E-state index contributed by atoms with van der Waals surface area (Å²) >= 11 is 0. The summed E-state index contributed by atoms with van der Waals surface area (Å²) in [5.74, 6) is -3.18. The highest BCUT2D eigenvalue weighted by Gasteiger charge is 2.30. The lowest BCUT2D eigenvalue weighted by molar-refractivity contribution is 0.305. The van der Waals surface area contributed by atoms with Crippen LogP contribution in [0.4, 0.5) is 18.9 Å². The SMILES string of the molecule is CCC(C)C1CN(c2cc(F)c(F)c(F)c2)C(CC)CN1. The summed E-state index contributed by atoms with van der Waals surface area (Å²) in [6.45, 7) is 7.77. The van der Waals surface area contributed by atoms with E-state index >= 15 is 0 Å². The second kappa shape index (κ2) is 6.69. The molecule has 0 bridgehead atoms. The summed E-state index contributed by atoms with van der Waals surface area (Å²) in [6, 6.07) is 2.63. The van der Waals surface area contributed by atoms with Crippen molar-refractivity contribution in [2.75, 3.05) is 18.0 Å². The third-order valence-corrected chi connectivity index (χ3v) is 4.55. The van der Waals surface area contributed by atoms with Crippen molar-refractivity contribution >= 4 is 5.69 Å². The number of rotatable bonds is 4. The zero-order valence-corrected chi connectivity index (χ0v) is 12.8. The highest BCUT2D eigenvalue weighted by atomic mass is 19.2. The second-order valence-corrected chi connectivity index (χ2v) is 5.84. The highest BCUT2D eigenvalue weighted by molar-refractivity contribution is 5.49. The van der Waals surface area contributed by atoms with E-state index in [9.17, 15) is 13.2 Å². The largest absolute Gasteiger partial charge is 0.366 e. The van der Waals surface area contributed by atoms with Crippen molar-refractivity contribution in [1.82, 2.24) is 5.32 Å². The van der Waals surface area contributed by atoms with Crippen LogP contribution < -0.4 is 10.2 Å². The molecule has 0 aliphatic carbocycles. The first-order valence-electron chi connectivity index (χ1n) is 7.62. The number of piperazine rings is 1. The monoisotopic (exact) mass is 300 g/mol. The molecule has 0 spiro atoms. The molecule has 1 aliphatic rings. The maximum atomic E-state index is 13.5. The Hall–Kier alpha value is -1.23. The fourth-order valence-electron chi connectivity index (χ4n) is 2.88. The van der Waals surface area contributed by atoms with Gasteiger partial charge in [0.2, 0.25) is 0 Å². The Morgan fingerprint density at radius 2 is 1.86 bits per heavy atom. The van der Waals surface area contributed by atoms with Crippen LogP contribution in [0.25, 0.3) is 0 Å². The van der Waals surface area contributed by atoms with Crippen LogP contribution in [0, 0.1) is 23.4 Å². The van der Waals surface area contributed by atoms with Gasteiger partial charge in [-0.15, -0.1) is 0 Å². The number of benzene rings is 1. The molecule has 2 nitrogen and oxygen atoms in total. The van der Waals surface area contributed by atoms with Crippen LogP contribution >= 0.6 is 0 Å². The van der Waals surface area contributed by atoms with Crippen molar-refractivity contribution < 1.29 is 13.2 Å². The van der Waals surface area contributed by atoms with Gasteiger partial charge in [-0.25, -0.2) is 13.2 Å². The average molecular weight is 300 g/mol. The van der Waals surface area contributed by atoms with Crippen molar-refractivity contribution in [3.63, 3.8) is 0 Å². The highest BCUT2D eigenvalue weighted by Crippen LogP contribution is 2.27. The first kappa shape index (κ1) is 16.1. The Labute approximate surface area is 124 Å². The predicted molar refractivity (Wildman–Crippen MR) is 79.0 cm³/mol. The fraction of sp³-hybridized carbons (Fsp3) is 0.625. The van der Waals surface area contributed by atoms with Crippen molar-refractivity contribution in [3.05, 3.63) is 29.6 Å². The van der Waals surface area contributed by atoms with Crippen molar-refractivity contribution in [2.24, 2.45) is 5.92 Å². The number of hydrogen-bond donors (Lipinski definition) is 1. The molecule has 0 amide bonds. The molecule has 1 aromatic carbocycles. The summed E-state index contributed by atoms with van der Waals surface area (Å²) in [4.78, 5) is 2.00. The Morgan fingerprint density at radius 1 is 1.24 bits per heavy atom. The molecular formula is C16H23F3N2. The summed E-state index contributed by atoms with van der Waals surface area (Å²) in [6.07, 6.45) is 1.90. The summed E-state index contributed by atoms with van der Waals surface area (Å²) < 4.78 is 40.1. The second-order valence-electron chi connectivity index (χ2n) is 5.84. The van der Waals surface area contributed by atoms with E-state index < -0.39 is 17.5 Å². The molecule has 1 N–H and O–H groups in total. The minimum atomic E-state index is -1.40. The summed E-state index contributed by atoms with van der Waals surface area (Å²) in [7, 11) is 0. The zero-order valence-electron chi connectivity index (χ0n) is 12.8. The molecule has 0 radical (unpaired) electrons. The quantitative estimate of drug-likeness (QED) is 0.853. The van der Waals surface area contributed by atoms with E-state index in [0.717, 1.165) is 31.5 Å². The molecular weight excluding hydrogens is 277 g/mol. The molecule has 118 valence electrons. The number of hydrogen-bond acceptors (Lipinski definition) is 2. The maximum absolute atomic E-state index is 13.5. The molecule has 0 aromatic heterocycles. The van der Waals surface area contributed by atoms with Gasteiger partial charge < -0.3 is 10.2 Å². The minimum absolute atomic E-state index is 0.162. The molecule has 1 aromatic rings. The lowest BCUT2D eigenvalue weighted by Crippen LogP contribution is -2.58. The fourth-order valence-corrected chi connectivity index (χ4v) is 2.88. The molecule has 1 fully saturated rings. The molecule has 1 heterocycles. The lowest BCUT2D eigenvalue weighted by Gasteiger charge is -2.43. The van der Waals surface area contributed by atoms with Crippen LogP contribution in [0.5, 0.6) is 0 Å². The number of anilines is 1. The Kier molecular flexibility index (Phi) is 5.14. The molecule has 3 unspecified atom stereocenters. The normalized spacial score (nSPS) is 24.2. The van der Waals surface area contributed by atoms with E-state index in [2.05, 4.69) is 19.2 Å². The summed E-state index contributed by atoms with van der Waals surface area (Å²) in [5, 5.41) is 3.51. The Balaban J connectivity index is 2.29. The van der Waals surface area contributed by atoms with Gasteiger partial charge in [-0.3, -0.25) is 0 Å². The minimum Gasteiger partial charge on any atom is -0.366 e. The van der Waals surface area contributed by atoms with Gasteiger partial charge in [0, 0.05) is 43.0 Å². The van der Waals surface area contributed by atoms with Gasteiger partial charge in [0.05, 0.1) is 0 Å². The molecule has 0 saturated carbocycles. The van der Waals surface area contributed by atoms with Crippen LogP contribution in [0.2, 0.25) is 0 Å². The molecule has 1 saturated heterocycles. The standard InChI is InChI=1S/C16H23F3N2/c1-4-10(3)15-9-21(11(5-2)8-20-15)12-6-13(17)16(19)14(18)7-12/h6-7,10-11,15,20H,4-5,8-9H2,1-3H3. The molecule has 1 aliphatic heterocycles. The van der Waals surface area contributed by atoms with E-state index in [1.807, 2.05) is 11.8 Å². The topological polar surface area (TPSA) is 15.3 Å². The van der Waals surface area contributed by atoms with Gasteiger partial charge in [0.15, 0.2) is 17.5 Å². The average Bonchev–Trinajstić information content (AvgIpc) is 2.50. The smallest absolute Gasteiger partial charge is 0.194 e. The zero-order chi connectivity index (χ0) is 15.6. The van der Waals surface area contributed by atoms with E-state index in [-0.39, 0.29) is 12.1 Å². The summed E-state index contributed by atoms with van der Waals surface area (Å²) in [5.41, 5.74) is 0.424. The van der Waals surface area contributed by atoms with E-state index in [4.69, 9.17) is 0 Å². The molecule has 3 atom stereocenters. The van der Waals surface area contributed by atoms with Crippen molar-refractivity contribution in [1.29, 1.82) is 0 Å². The van der Waals surface area contributed by atoms with Crippen LogP contribution in [-0.2, 0) is 0 Å². The van der Waals surface area contributed by atoms with Crippen LogP contribution in [0.3, 0.4) is 0 Å². The van der Waals surface area contributed by atoms with Gasteiger partial charge in [-0.2, -0.15) is 0 Å². The molecule has 21 heavy (non-hydrogen) atoms. The van der Waals surface area contributed by atoms with Gasteiger partial charge in [-0.1, -0.05) is 27.2 Å². The van der Waals surface area contributed by atoms with Crippen LogP contribution in [0.1, 0.15) is 33.6 Å². The first-order chi connectivity index (χ1) is 9.97. The van der Waals surface area contributed by atoms with E-state index in [1.54, 1.807) is 0 Å². The first-order valence-corrected chi connectivity index (χ1v) is 7.62. The number of halogens is 3. The lowest BCUT2D eigenvalue weighted by atomic mass is 9.94. The third kappa shape index (κ3) is 3.34. The predicted octanol–water partition coefficient (Wildman–Crippen LogP) is 3.71. The maximum Gasteiger partial charge on any atom is 0.194 e. The van der Waals surface area contributed by atoms with Gasteiger partial charge in [0.1, 0.15) is 0 Å². The Morgan fingerprint density at radius 3 is 2.38 bits per heavy atom. The van der Waals surface area contributed by atoms with Gasteiger partial charge in [0.25, 0.3) is 0 Å². The van der Waals surface area contributed by atoms with Crippen LogP contribution in [0.15, 0.2) is 12.1 Å². The van der Waals surface area contributed by atoms with Crippen molar-refractivity contribution in [3.8, 4) is 0 Å².